The van der Waals surface area contributed by atoms with Crippen LogP contribution in [0.4, 0.5) is 0 Å². The molecule has 0 saturated heterocycles. The number of rotatable bonds is 5. The molecule has 0 radical (unpaired) electrons. The fourth-order valence-electron chi connectivity index (χ4n) is 4.34. The highest BCUT2D eigenvalue weighted by molar-refractivity contribution is 7.98. The van der Waals surface area contributed by atoms with Crippen LogP contribution in [0.25, 0.3) is 0 Å². The molecule has 1 aromatic rings. The van der Waals surface area contributed by atoms with E-state index in [0.717, 1.165) is 23.7 Å². The van der Waals surface area contributed by atoms with Gasteiger partial charge >= 0.3 is 0 Å². The quantitative estimate of drug-likeness (QED) is 0.603. The number of hydrogen-bond acceptors (Lipinski definition) is 5. The fourth-order valence-corrected chi connectivity index (χ4v) is 5.00. The van der Waals surface area contributed by atoms with Crippen LogP contribution in [0.1, 0.15) is 54.5 Å². The standard InChI is InChI=1S/C18H27N3O2S/c1-6-23-14-10-13(18(14)8-7-9-18)21(4)17(22)15-11(2)19-12(3)20-16(15)24-5/h13-14H,6-10H2,1-5H3/t13-,14-/m0/s1. The molecule has 0 N–H and O–H groups in total. The monoisotopic (exact) mass is 349 g/mol. The van der Waals surface area contributed by atoms with Gasteiger partial charge in [-0.05, 0) is 46.3 Å². The van der Waals surface area contributed by atoms with E-state index in [1.807, 2.05) is 39.0 Å². The van der Waals surface area contributed by atoms with Crippen molar-refractivity contribution in [3.05, 3.63) is 17.1 Å². The van der Waals surface area contributed by atoms with Crippen LogP contribution in [0.3, 0.4) is 0 Å². The van der Waals surface area contributed by atoms with Crippen molar-refractivity contribution in [2.45, 2.75) is 63.6 Å². The first-order valence-corrected chi connectivity index (χ1v) is 9.95. The number of thioether (sulfide) groups is 1. The number of ether oxygens (including phenoxy) is 1. The second-order valence-electron chi connectivity index (χ2n) is 6.94. The lowest BCUT2D eigenvalue weighted by Crippen LogP contribution is -2.67. The molecule has 2 fully saturated rings. The molecule has 0 unspecified atom stereocenters. The van der Waals surface area contributed by atoms with Crippen LogP contribution in [-0.4, -0.2) is 52.8 Å². The Kier molecular flexibility index (Phi) is 4.89. The lowest BCUT2D eigenvalue weighted by molar-refractivity contribution is -0.192. The van der Waals surface area contributed by atoms with Crippen LogP contribution in [0.2, 0.25) is 0 Å². The zero-order chi connectivity index (χ0) is 17.5. The third kappa shape index (κ3) is 2.64. The maximum atomic E-state index is 13.2. The fraction of sp³-hybridized carbons (Fsp3) is 0.722. The van der Waals surface area contributed by atoms with Gasteiger partial charge in [0.1, 0.15) is 10.9 Å². The predicted molar refractivity (Wildman–Crippen MR) is 95.5 cm³/mol. The van der Waals surface area contributed by atoms with Gasteiger partial charge in [-0.2, -0.15) is 0 Å². The summed E-state index contributed by atoms with van der Waals surface area (Å²) in [5, 5.41) is 0.778. The van der Waals surface area contributed by atoms with Gasteiger partial charge in [0.25, 0.3) is 5.91 Å². The number of aryl methyl sites for hydroxylation is 2. The van der Waals surface area contributed by atoms with Crippen LogP contribution >= 0.6 is 11.8 Å². The molecule has 2 aliphatic rings. The molecular formula is C18H27N3O2S. The van der Waals surface area contributed by atoms with E-state index in [-0.39, 0.29) is 17.4 Å². The summed E-state index contributed by atoms with van der Waals surface area (Å²) >= 11 is 1.51. The van der Waals surface area contributed by atoms with Crippen molar-refractivity contribution < 1.29 is 9.53 Å². The summed E-state index contributed by atoms with van der Waals surface area (Å²) in [6.07, 6.45) is 6.78. The summed E-state index contributed by atoms with van der Waals surface area (Å²) in [5.74, 6) is 0.759. The zero-order valence-corrected chi connectivity index (χ0v) is 16.1. The maximum absolute atomic E-state index is 13.2. The molecule has 2 aliphatic carbocycles. The van der Waals surface area contributed by atoms with Crippen molar-refractivity contribution in [3.8, 4) is 0 Å². The van der Waals surface area contributed by atoms with Gasteiger partial charge in [-0.15, -0.1) is 11.8 Å². The Bertz CT molecular complexity index is 645. The molecule has 1 amide bonds. The summed E-state index contributed by atoms with van der Waals surface area (Å²) in [5.41, 5.74) is 1.61. The van der Waals surface area contributed by atoms with Crippen LogP contribution in [0, 0.1) is 19.3 Å². The number of hydrogen-bond donors (Lipinski definition) is 0. The third-order valence-corrected chi connectivity index (χ3v) is 6.44. The van der Waals surface area contributed by atoms with E-state index in [1.54, 1.807) is 0 Å². The Morgan fingerprint density at radius 1 is 1.38 bits per heavy atom. The molecule has 1 spiro atoms. The molecular weight excluding hydrogens is 322 g/mol. The molecule has 2 atom stereocenters. The van der Waals surface area contributed by atoms with Gasteiger partial charge in [0.2, 0.25) is 0 Å². The van der Waals surface area contributed by atoms with Gasteiger partial charge in [0.15, 0.2) is 0 Å². The highest BCUT2D eigenvalue weighted by Gasteiger charge is 2.61. The van der Waals surface area contributed by atoms with E-state index < -0.39 is 0 Å². The van der Waals surface area contributed by atoms with Crippen molar-refractivity contribution >= 4 is 17.7 Å². The normalized spacial score (nSPS) is 24.4. The number of nitrogens with zero attached hydrogens (tertiary/aromatic N) is 3. The number of amides is 1. The van der Waals surface area contributed by atoms with Gasteiger partial charge in [0, 0.05) is 25.1 Å². The molecule has 6 heteroatoms. The third-order valence-electron chi connectivity index (χ3n) is 5.76. The second kappa shape index (κ2) is 6.64. The van der Waals surface area contributed by atoms with Crippen molar-refractivity contribution in [2.75, 3.05) is 19.9 Å². The molecule has 1 heterocycles. The predicted octanol–water partition coefficient (Wildman–Crippen LogP) is 3.24. The highest BCUT2D eigenvalue weighted by atomic mass is 32.2. The summed E-state index contributed by atoms with van der Waals surface area (Å²) < 4.78 is 5.92. The summed E-state index contributed by atoms with van der Waals surface area (Å²) in [6.45, 7) is 6.57. The Morgan fingerprint density at radius 3 is 2.62 bits per heavy atom. The van der Waals surface area contributed by atoms with Crippen LogP contribution in [0.15, 0.2) is 5.03 Å². The van der Waals surface area contributed by atoms with Crippen molar-refractivity contribution in [1.29, 1.82) is 0 Å². The first-order valence-electron chi connectivity index (χ1n) is 8.72. The smallest absolute Gasteiger partial charge is 0.258 e. The SMILES string of the molecule is CCO[C@H]1C[C@H](N(C)C(=O)c2c(C)nc(C)nc2SC)C12CCC2. The number of aromatic nitrogens is 2. The zero-order valence-electron chi connectivity index (χ0n) is 15.3. The van der Waals surface area contributed by atoms with Gasteiger partial charge in [-0.1, -0.05) is 6.42 Å². The van der Waals surface area contributed by atoms with Crippen LogP contribution < -0.4 is 0 Å². The number of carbonyl (C=O) groups is 1. The molecule has 1 aromatic heterocycles. The van der Waals surface area contributed by atoms with E-state index in [2.05, 4.69) is 9.97 Å². The maximum Gasteiger partial charge on any atom is 0.258 e. The van der Waals surface area contributed by atoms with Gasteiger partial charge in [-0.3, -0.25) is 4.79 Å². The molecule has 24 heavy (non-hydrogen) atoms. The molecule has 0 aromatic carbocycles. The van der Waals surface area contributed by atoms with E-state index >= 15 is 0 Å². The number of carbonyl (C=O) groups excluding carboxylic acids is 1. The average molecular weight is 350 g/mol. The molecule has 2 saturated carbocycles. The van der Waals surface area contributed by atoms with Crippen molar-refractivity contribution in [2.24, 2.45) is 5.41 Å². The molecule has 0 aliphatic heterocycles. The first-order chi connectivity index (χ1) is 11.4. The minimum absolute atomic E-state index is 0.0445. The largest absolute Gasteiger partial charge is 0.378 e. The average Bonchev–Trinajstić information content (AvgIpc) is 2.47. The Hall–Kier alpha value is -1.14. The van der Waals surface area contributed by atoms with Crippen molar-refractivity contribution in [1.82, 2.24) is 14.9 Å². The molecule has 3 rings (SSSR count). The Labute approximate surface area is 148 Å². The van der Waals surface area contributed by atoms with Crippen LogP contribution in [0.5, 0.6) is 0 Å². The molecule has 0 bridgehead atoms. The van der Waals surface area contributed by atoms with Crippen molar-refractivity contribution in [3.63, 3.8) is 0 Å². The lowest BCUT2D eigenvalue weighted by Gasteiger charge is -2.63. The van der Waals surface area contributed by atoms with Crippen LogP contribution in [-0.2, 0) is 4.74 Å². The highest BCUT2D eigenvalue weighted by Crippen LogP contribution is 2.59. The van der Waals surface area contributed by atoms with Gasteiger partial charge in [0.05, 0.1) is 17.4 Å². The minimum Gasteiger partial charge on any atom is -0.378 e. The second-order valence-corrected chi connectivity index (χ2v) is 7.73. The topological polar surface area (TPSA) is 55.3 Å². The summed E-state index contributed by atoms with van der Waals surface area (Å²) in [4.78, 5) is 24.0. The Morgan fingerprint density at radius 2 is 2.08 bits per heavy atom. The Balaban J connectivity index is 1.84. The van der Waals surface area contributed by atoms with Gasteiger partial charge in [-0.25, -0.2) is 9.97 Å². The summed E-state index contributed by atoms with van der Waals surface area (Å²) in [7, 11) is 1.93. The van der Waals surface area contributed by atoms with E-state index in [4.69, 9.17) is 4.74 Å². The lowest BCUT2D eigenvalue weighted by atomic mass is 9.50. The molecule has 132 valence electrons. The van der Waals surface area contributed by atoms with Gasteiger partial charge < -0.3 is 9.64 Å². The summed E-state index contributed by atoms with van der Waals surface area (Å²) in [6, 6.07) is 0.269. The van der Waals surface area contributed by atoms with E-state index in [9.17, 15) is 4.79 Å². The van der Waals surface area contributed by atoms with E-state index in [1.165, 1.54) is 31.0 Å². The molecule has 5 nitrogen and oxygen atoms in total. The first kappa shape index (κ1) is 17.7. The van der Waals surface area contributed by atoms with E-state index in [0.29, 0.717) is 17.5 Å². The minimum atomic E-state index is 0.0445.